The third kappa shape index (κ3) is 3.38. The van der Waals surface area contributed by atoms with Crippen LogP contribution >= 0.6 is 15.9 Å². The summed E-state index contributed by atoms with van der Waals surface area (Å²) in [6, 6.07) is 1.82. The number of hydrogen-bond acceptors (Lipinski definition) is 5. The van der Waals surface area contributed by atoms with Crippen LogP contribution in [0.25, 0.3) is 0 Å². The number of allylic oxidation sites excluding steroid dienone is 2. The number of halogens is 3. The molecule has 0 radical (unpaired) electrons. The average molecular weight is 400 g/mol. The van der Waals surface area contributed by atoms with Crippen molar-refractivity contribution in [3.8, 4) is 0 Å². The van der Waals surface area contributed by atoms with E-state index >= 15 is 0 Å². The number of hydrogen-bond donors (Lipinski definition) is 0. The van der Waals surface area contributed by atoms with Crippen molar-refractivity contribution in [1.82, 2.24) is 0 Å². The summed E-state index contributed by atoms with van der Waals surface area (Å²) in [7, 11) is 2.25. The lowest BCUT2D eigenvalue weighted by atomic mass is 10.1. The van der Waals surface area contributed by atoms with E-state index in [2.05, 4.69) is 25.4 Å². The fourth-order valence-corrected chi connectivity index (χ4v) is 2.36. The van der Waals surface area contributed by atoms with Crippen LogP contribution in [0.4, 0.5) is 14.5 Å². The molecule has 0 bridgehead atoms. The Hall–Kier alpha value is -2.48. The first-order valence-corrected chi connectivity index (χ1v) is 7.39. The number of carbonyl (C=O) groups excluding carboxylic acids is 2. The predicted molar refractivity (Wildman–Crippen MR) is 85.9 cm³/mol. The molecule has 1 aromatic rings. The molecule has 0 unspecified atom stereocenters. The number of carbonyl (C=O) groups is 2. The van der Waals surface area contributed by atoms with Gasteiger partial charge in [0.05, 0.1) is 30.0 Å². The number of anilines is 1. The zero-order valence-corrected chi connectivity index (χ0v) is 14.3. The molecule has 0 N–H and O–H groups in total. The van der Waals surface area contributed by atoms with Crippen molar-refractivity contribution in [3.63, 3.8) is 0 Å². The number of methoxy groups -OCH3 is 2. The van der Waals surface area contributed by atoms with Gasteiger partial charge in [-0.15, -0.1) is 0 Å². The Morgan fingerprint density at radius 2 is 1.71 bits per heavy atom. The van der Waals surface area contributed by atoms with Gasteiger partial charge < -0.3 is 14.4 Å². The van der Waals surface area contributed by atoms with Crippen molar-refractivity contribution in [1.29, 1.82) is 0 Å². The lowest BCUT2D eigenvalue weighted by Gasteiger charge is -2.23. The van der Waals surface area contributed by atoms with Gasteiger partial charge in [-0.05, 0) is 34.1 Å². The minimum absolute atomic E-state index is 0.0718. The Bertz CT molecular complexity index is 787. The SMILES string of the molecule is COC(=O)C1=C(C(=O)OC)N(c2cc(F)c(Br)cc2F)C=CC=C1. The minimum Gasteiger partial charge on any atom is -0.465 e. The molecule has 1 aliphatic heterocycles. The summed E-state index contributed by atoms with van der Waals surface area (Å²) in [5, 5.41) is 0. The molecule has 1 heterocycles. The van der Waals surface area contributed by atoms with Crippen molar-refractivity contribution in [2.45, 2.75) is 0 Å². The van der Waals surface area contributed by atoms with Gasteiger partial charge in [0.1, 0.15) is 17.3 Å². The van der Waals surface area contributed by atoms with Crippen LogP contribution in [0.1, 0.15) is 0 Å². The van der Waals surface area contributed by atoms with Gasteiger partial charge in [0.15, 0.2) is 0 Å². The quantitative estimate of drug-likeness (QED) is 0.576. The van der Waals surface area contributed by atoms with Crippen LogP contribution < -0.4 is 4.90 Å². The van der Waals surface area contributed by atoms with Crippen molar-refractivity contribution >= 4 is 33.6 Å². The molecule has 2 rings (SSSR count). The third-order valence-electron chi connectivity index (χ3n) is 3.14. The van der Waals surface area contributed by atoms with E-state index in [1.807, 2.05) is 0 Å². The first-order valence-electron chi connectivity index (χ1n) is 6.60. The summed E-state index contributed by atoms with van der Waals surface area (Å²) >= 11 is 2.88. The topological polar surface area (TPSA) is 55.8 Å². The molecule has 1 aromatic carbocycles. The molecule has 8 heteroatoms. The maximum atomic E-state index is 14.3. The lowest BCUT2D eigenvalue weighted by molar-refractivity contribution is -0.139. The molecule has 0 fully saturated rings. The lowest BCUT2D eigenvalue weighted by Crippen LogP contribution is -2.27. The highest BCUT2D eigenvalue weighted by molar-refractivity contribution is 9.10. The maximum absolute atomic E-state index is 14.3. The van der Waals surface area contributed by atoms with Gasteiger partial charge in [-0.2, -0.15) is 0 Å². The summed E-state index contributed by atoms with van der Waals surface area (Å²) < 4.78 is 37.4. The Labute approximate surface area is 145 Å². The largest absolute Gasteiger partial charge is 0.465 e. The molecule has 0 amide bonds. The Morgan fingerprint density at radius 3 is 2.33 bits per heavy atom. The molecule has 1 aliphatic rings. The van der Waals surface area contributed by atoms with Crippen molar-refractivity contribution in [2.24, 2.45) is 0 Å². The second-order valence-corrected chi connectivity index (χ2v) is 5.39. The number of rotatable bonds is 3. The van der Waals surface area contributed by atoms with E-state index in [1.165, 1.54) is 24.4 Å². The molecule has 0 atom stereocenters. The normalized spacial score (nSPS) is 13.8. The van der Waals surface area contributed by atoms with Crippen LogP contribution in [0, 0.1) is 11.6 Å². The van der Waals surface area contributed by atoms with Crippen LogP contribution in [0.2, 0.25) is 0 Å². The monoisotopic (exact) mass is 399 g/mol. The molecule has 0 saturated heterocycles. The van der Waals surface area contributed by atoms with Crippen LogP contribution in [0.5, 0.6) is 0 Å². The van der Waals surface area contributed by atoms with Crippen molar-refractivity contribution < 1.29 is 27.8 Å². The van der Waals surface area contributed by atoms with Crippen LogP contribution in [-0.2, 0) is 19.1 Å². The van der Waals surface area contributed by atoms with Gasteiger partial charge >= 0.3 is 11.9 Å². The fraction of sp³-hybridized carbons (Fsp3) is 0.125. The van der Waals surface area contributed by atoms with Gasteiger partial charge in [0, 0.05) is 12.3 Å². The number of esters is 2. The maximum Gasteiger partial charge on any atom is 0.355 e. The fourth-order valence-electron chi connectivity index (χ4n) is 2.05. The molecule has 126 valence electrons. The zero-order valence-electron chi connectivity index (χ0n) is 12.7. The van der Waals surface area contributed by atoms with Crippen molar-refractivity contribution in [2.75, 3.05) is 19.1 Å². The second-order valence-electron chi connectivity index (χ2n) is 4.53. The van der Waals surface area contributed by atoms with E-state index in [-0.39, 0.29) is 21.4 Å². The van der Waals surface area contributed by atoms with E-state index in [4.69, 9.17) is 0 Å². The smallest absolute Gasteiger partial charge is 0.355 e. The standard InChI is InChI=1S/C16H12BrF2NO4/c1-23-15(21)9-5-3-4-6-20(14(9)16(22)24-2)13-8-11(18)10(17)7-12(13)19/h3-8H,1-2H3. The average Bonchev–Trinajstić information content (AvgIpc) is 2.79. The van der Waals surface area contributed by atoms with Gasteiger partial charge in [-0.1, -0.05) is 6.08 Å². The van der Waals surface area contributed by atoms with E-state index < -0.39 is 23.6 Å². The molecule has 5 nitrogen and oxygen atoms in total. The van der Waals surface area contributed by atoms with E-state index in [9.17, 15) is 18.4 Å². The molecular weight excluding hydrogens is 388 g/mol. The predicted octanol–water partition coefficient (Wildman–Crippen LogP) is 3.22. The molecule has 0 saturated carbocycles. The third-order valence-corrected chi connectivity index (χ3v) is 3.75. The van der Waals surface area contributed by atoms with E-state index in [0.29, 0.717) is 0 Å². The first kappa shape index (κ1) is 17.9. The summed E-state index contributed by atoms with van der Waals surface area (Å²) in [5.74, 6) is -3.27. The highest BCUT2D eigenvalue weighted by atomic mass is 79.9. The molecule has 0 spiro atoms. The zero-order chi connectivity index (χ0) is 17.9. The molecule has 0 aromatic heterocycles. The summed E-state index contributed by atoms with van der Waals surface area (Å²) in [6.45, 7) is 0. The molecule has 0 aliphatic carbocycles. The Kier molecular flexibility index (Phi) is 5.50. The highest BCUT2D eigenvalue weighted by Crippen LogP contribution is 2.31. The number of ether oxygens (including phenoxy) is 2. The van der Waals surface area contributed by atoms with Gasteiger partial charge in [0.2, 0.25) is 0 Å². The van der Waals surface area contributed by atoms with Crippen LogP contribution in [0.15, 0.2) is 52.3 Å². The van der Waals surface area contributed by atoms with Gasteiger partial charge in [-0.25, -0.2) is 18.4 Å². The van der Waals surface area contributed by atoms with E-state index in [0.717, 1.165) is 31.3 Å². The molecule has 24 heavy (non-hydrogen) atoms. The van der Waals surface area contributed by atoms with Crippen LogP contribution in [0.3, 0.4) is 0 Å². The van der Waals surface area contributed by atoms with Crippen molar-refractivity contribution in [3.05, 3.63) is 63.9 Å². The first-order chi connectivity index (χ1) is 11.4. The minimum atomic E-state index is -0.908. The Morgan fingerprint density at radius 1 is 1.04 bits per heavy atom. The number of nitrogens with zero attached hydrogens (tertiary/aromatic N) is 1. The number of benzene rings is 1. The molecular formula is C16H12BrF2NO4. The summed E-state index contributed by atoms with van der Waals surface area (Å²) in [6.07, 6.45) is 5.55. The second kappa shape index (κ2) is 7.39. The van der Waals surface area contributed by atoms with Crippen LogP contribution in [-0.4, -0.2) is 26.2 Å². The van der Waals surface area contributed by atoms with E-state index in [1.54, 1.807) is 0 Å². The summed E-state index contributed by atoms with van der Waals surface area (Å²) in [4.78, 5) is 25.2. The highest BCUT2D eigenvalue weighted by Gasteiger charge is 2.29. The van der Waals surface area contributed by atoms with Gasteiger partial charge in [-0.3, -0.25) is 0 Å². The Balaban J connectivity index is 2.72. The van der Waals surface area contributed by atoms with Gasteiger partial charge in [0.25, 0.3) is 0 Å². The summed E-state index contributed by atoms with van der Waals surface area (Å²) in [5.41, 5.74) is -0.718.